The molecule has 2 aliphatic heterocycles. The van der Waals surface area contributed by atoms with Crippen LogP contribution in [0.25, 0.3) is 0 Å². The second-order valence-corrected chi connectivity index (χ2v) is 10.8. The Labute approximate surface area is 203 Å². The zero-order chi connectivity index (χ0) is 21.7. The minimum Gasteiger partial charge on any atom is -0.380 e. The van der Waals surface area contributed by atoms with Crippen molar-refractivity contribution >= 4 is 23.8 Å². The highest BCUT2D eigenvalue weighted by molar-refractivity contribution is 5.85. The zero-order valence-electron chi connectivity index (χ0n) is 20.8. The molecule has 0 radical (unpaired) electrons. The molecule has 1 aromatic carbocycles. The number of hydrogen-bond donors (Lipinski definition) is 0. The number of rotatable bonds is 7. The lowest BCUT2D eigenvalue weighted by molar-refractivity contribution is 0.111. The van der Waals surface area contributed by atoms with Gasteiger partial charge in [0, 0.05) is 63.8 Å². The summed E-state index contributed by atoms with van der Waals surface area (Å²) < 4.78 is 5.57. The highest BCUT2D eigenvalue weighted by atomic mass is 35.5. The summed E-state index contributed by atoms with van der Waals surface area (Å²) in [5.41, 5.74) is 5.16. The second-order valence-electron chi connectivity index (χ2n) is 10.8. The molecule has 0 amide bonds. The van der Waals surface area contributed by atoms with Crippen molar-refractivity contribution in [2.24, 2.45) is 5.41 Å². The van der Waals surface area contributed by atoms with Crippen LogP contribution in [0.15, 0.2) is 18.2 Å². The van der Waals surface area contributed by atoms with Crippen LogP contribution in [0, 0.1) is 5.41 Å². The average molecular weight is 464 g/mol. The van der Waals surface area contributed by atoms with Crippen LogP contribution in [-0.2, 0) is 4.74 Å². The number of halogens is 1. The summed E-state index contributed by atoms with van der Waals surface area (Å²) in [6, 6.07) is 7.47. The van der Waals surface area contributed by atoms with Crippen molar-refractivity contribution in [1.82, 2.24) is 4.90 Å². The van der Waals surface area contributed by atoms with E-state index >= 15 is 0 Å². The van der Waals surface area contributed by atoms with Crippen LogP contribution in [0.3, 0.4) is 0 Å². The van der Waals surface area contributed by atoms with Gasteiger partial charge in [0.05, 0.1) is 6.61 Å². The van der Waals surface area contributed by atoms with Crippen molar-refractivity contribution in [2.75, 3.05) is 68.8 Å². The smallest absolute Gasteiger partial charge is 0.0593 e. The molecule has 1 aliphatic carbocycles. The molecule has 3 fully saturated rings. The van der Waals surface area contributed by atoms with Crippen molar-refractivity contribution in [3.8, 4) is 0 Å². The molecule has 4 rings (SSSR count). The van der Waals surface area contributed by atoms with E-state index in [0.717, 1.165) is 51.9 Å². The Kier molecular flexibility index (Phi) is 9.57. The lowest BCUT2D eigenvalue weighted by atomic mass is 9.71. The van der Waals surface area contributed by atoms with E-state index in [1.54, 1.807) is 5.56 Å². The molecule has 1 saturated carbocycles. The molecule has 32 heavy (non-hydrogen) atoms. The highest BCUT2D eigenvalue weighted by Crippen LogP contribution is 2.45. The van der Waals surface area contributed by atoms with Gasteiger partial charge >= 0.3 is 0 Å². The normalized spacial score (nSPS) is 22.6. The lowest BCUT2D eigenvalue weighted by Crippen LogP contribution is -2.47. The second kappa shape index (κ2) is 11.9. The van der Waals surface area contributed by atoms with Crippen LogP contribution in [0.2, 0.25) is 0 Å². The number of anilines is 2. The number of hydrogen-bond acceptors (Lipinski definition) is 4. The standard InChI is InChI=1S/C27H45N3O.ClH/c1-4-31-21-20-28-16-18-30(19-17-28)26-9-8-24(29-14-6-5-7-15-29)22-25(26)23-10-12-27(2,3)13-11-23;/h8-9,22-23H,4-7,10-21H2,1-3H3;1H. The molecule has 0 bridgehead atoms. The van der Waals surface area contributed by atoms with E-state index in [9.17, 15) is 0 Å². The Morgan fingerprint density at radius 1 is 0.906 bits per heavy atom. The first-order valence-electron chi connectivity index (χ1n) is 13.0. The van der Waals surface area contributed by atoms with Gasteiger partial charge in [-0.15, -0.1) is 12.4 Å². The molecule has 0 N–H and O–H groups in total. The molecule has 5 heteroatoms. The van der Waals surface area contributed by atoms with Crippen LogP contribution in [0.4, 0.5) is 11.4 Å². The summed E-state index contributed by atoms with van der Waals surface area (Å²) in [6.07, 6.45) is 9.49. The predicted octanol–water partition coefficient (Wildman–Crippen LogP) is 5.94. The van der Waals surface area contributed by atoms with Gasteiger partial charge in [0.25, 0.3) is 0 Å². The molecule has 0 aromatic heterocycles. The third-order valence-electron chi connectivity index (χ3n) is 7.98. The summed E-state index contributed by atoms with van der Waals surface area (Å²) >= 11 is 0. The average Bonchev–Trinajstić information content (AvgIpc) is 2.80. The maximum absolute atomic E-state index is 5.57. The van der Waals surface area contributed by atoms with E-state index in [2.05, 4.69) is 53.7 Å². The summed E-state index contributed by atoms with van der Waals surface area (Å²) in [4.78, 5) is 7.87. The van der Waals surface area contributed by atoms with Gasteiger partial charge in [-0.05, 0) is 87.0 Å². The van der Waals surface area contributed by atoms with E-state index in [0.29, 0.717) is 5.41 Å². The Balaban J connectivity index is 0.00000289. The van der Waals surface area contributed by atoms with Gasteiger partial charge in [-0.3, -0.25) is 4.90 Å². The molecule has 182 valence electrons. The molecule has 3 aliphatic rings. The van der Waals surface area contributed by atoms with Gasteiger partial charge < -0.3 is 14.5 Å². The maximum atomic E-state index is 5.57. The van der Waals surface area contributed by atoms with Gasteiger partial charge in [-0.1, -0.05) is 13.8 Å². The van der Waals surface area contributed by atoms with Crippen molar-refractivity contribution in [3.05, 3.63) is 23.8 Å². The Bertz CT molecular complexity index is 686. The van der Waals surface area contributed by atoms with Crippen molar-refractivity contribution < 1.29 is 4.74 Å². The molecule has 1 aromatic rings. The van der Waals surface area contributed by atoms with Crippen LogP contribution >= 0.6 is 12.4 Å². The lowest BCUT2D eigenvalue weighted by Gasteiger charge is -2.40. The number of nitrogens with zero attached hydrogens (tertiary/aromatic N) is 3. The number of benzene rings is 1. The van der Waals surface area contributed by atoms with Crippen LogP contribution < -0.4 is 9.80 Å². The predicted molar refractivity (Wildman–Crippen MR) is 140 cm³/mol. The minimum atomic E-state index is 0. The largest absolute Gasteiger partial charge is 0.380 e. The van der Waals surface area contributed by atoms with Crippen LogP contribution in [0.1, 0.15) is 77.2 Å². The molecule has 4 nitrogen and oxygen atoms in total. The first-order valence-corrected chi connectivity index (χ1v) is 13.0. The van der Waals surface area contributed by atoms with E-state index in [-0.39, 0.29) is 12.4 Å². The zero-order valence-corrected chi connectivity index (χ0v) is 21.6. The van der Waals surface area contributed by atoms with E-state index in [1.807, 2.05) is 0 Å². The van der Waals surface area contributed by atoms with Gasteiger partial charge in [-0.2, -0.15) is 0 Å². The number of piperazine rings is 1. The van der Waals surface area contributed by atoms with Crippen molar-refractivity contribution in [2.45, 2.75) is 71.6 Å². The van der Waals surface area contributed by atoms with Gasteiger partial charge in [0.2, 0.25) is 0 Å². The first-order chi connectivity index (χ1) is 15.1. The third kappa shape index (κ3) is 6.55. The maximum Gasteiger partial charge on any atom is 0.0593 e. The molecule has 0 spiro atoms. The SMILES string of the molecule is CCOCCN1CCN(c2ccc(N3CCCCC3)cc2C2CCC(C)(C)CC2)CC1.Cl. The van der Waals surface area contributed by atoms with Gasteiger partial charge in [0.15, 0.2) is 0 Å². The fourth-order valence-corrected chi connectivity index (χ4v) is 5.77. The number of ether oxygens (including phenoxy) is 1. The summed E-state index contributed by atoms with van der Waals surface area (Å²) in [5, 5.41) is 0. The van der Waals surface area contributed by atoms with Gasteiger partial charge in [-0.25, -0.2) is 0 Å². The van der Waals surface area contributed by atoms with Gasteiger partial charge in [0.1, 0.15) is 0 Å². The Morgan fingerprint density at radius 2 is 1.59 bits per heavy atom. The summed E-state index contributed by atoms with van der Waals surface area (Å²) in [5.74, 6) is 0.726. The van der Waals surface area contributed by atoms with Crippen molar-refractivity contribution in [3.63, 3.8) is 0 Å². The Morgan fingerprint density at radius 3 is 2.25 bits per heavy atom. The molecule has 2 heterocycles. The monoisotopic (exact) mass is 463 g/mol. The first kappa shape index (κ1) is 25.6. The third-order valence-corrected chi connectivity index (χ3v) is 7.98. The molecular formula is C27H46ClN3O. The fourth-order valence-electron chi connectivity index (χ4n) is 5.77. The quantitative estimate of drug-likeness (QED) is 0.465. The van der Waals surface area contributed by atoms with Crippen molar-refractivity contribution in [1.29, 1.82) is 0 Å². The summed E-state index contributed by atoms with van der Waals surface area (Å²) in [7, 11) is 0. The minimum absolute atomic E-state index is 0. The van der Waals surface area contributed by atoms with Crippen LogP contribution in [0.5, 0.6) is 0 Å². The summed E-state index contributed by atoms with van der Waals surface area (Å²) in [6.45, 7) is 16.8. The number of piperidine rings is 1. The molecule has 0 atom stereocenters. The Hall–Kier alpha value is -0.970. The van der Waals surface area contributed by atoms with Crippen LogP contribution in [-0.4, -0.2) is 63.9 Å². The van der Waals surface area contributed by atoms with E-state index in [4.69, 9.17) is 4.74 Å². The topological polar surface area (TPSA) is 19.0 Å². The molecular weight excluding hydrogens is 418 g/mol. The van der Waals surface area contributed by atoms with E-state index < -0.39 is 0 Å². The molecule has 2 saturated heterocycles. The highest BCUT2D eigenvalue weighted by Gasteiger charge is 2.30. The molecule has 0 unspecified atom stereocenters. The fraction of sp³-hybridized carbons (Fsp3) is 0.778. The van der Waals surface area contributed by atoms with E-state index in [1.165, 1.54) is 69.4 Å².